The maximum atomic E-state index is 4.57. The molecular weight excluding hydrogens is 216 g/mol. The molecule has 1 aromatic rings. The van der Waals surface area contributed by atoms with Crippen molar-refractivity contribution >= 4 is 11.3 Å². The Hall–Kier alpha value is -0.410. The van der Waals surface area contributed by atoms with Crippen LogP contribution < -0.4 is 5.32 Å². The summed E-state index contributed by atoms with van der Waals surface area (Å²) in [5.74, 6) is 0.830. The average Bonchev–Trinajstić information content (AvgIpc) is 2.64. The van der Waals surface area contributed by atoms with E-state index >= 15 is 0 Å². The lowest BCUT2D eigenvalue weighted by molar-refractivity contribution is 0.409. The zero-order chi connectivity index (χ0) is 11.8. The van der Waals surface area contributed by atoms with Crippen molar-refractivity contribution in [3.05, 3.63) is 16.1 Å². The van der Waals surface area contributed by atoms with Gasteiger partial charge < -0.3 is 5.32 Å². The van der Waals surface area contributed by atoms with Crippen molar-refractivity contribution in [1.29, 1.82) is 0 Å². The highest BCUT2D eigenvalue weighted by molar-refractivity contribution is 7.09. The van der Waals surface area contributed by atoms with Gasteiger partial charge in [-0.1, -0.05) is 20.8 Å². The SMILES string of the molecule is CCNC(Cc1nc(C)cs1)C1CC1(C)C. The van der Waals surface area contributed by atoms with Gasteiger partial charge in [-0.2, -0.15) is 0 Å². The summed E-state index contributed by atoms with van der Waals surface area (Å²) in [5, 5.41) is 7.06. The minimum atomic E-state index is 0.541. The molecule has 16 heavy (non-hydrogen) atoms. The third kappa shape index (κ3) is 2.64. The highest BCUT2D eigenvalue weighted by atomic mass is 32.1. The lowest BCUT2D eigenvalue weighted by atomic mass is 10.0. The van der Waals surface area contributed by atoms with E-state index in [2.05, 4.69) is 43.4 Å². The molecule has 0 saturated heterocycles. The fourth-order valence-electron chi connectivity index (χ4n) is 2.50. The van der Waals surface area contributed by atoms with Crippen LogP contribution in [0.5, 0.6) is 0 Å². The van der Waals surface area contributed by atoms with Gasteiger partial charge in [0.25, 0.3) is 0 Å². The van der Waals surface area contributed by atoms with E-state index in [1.54, 1.807) is 11.3 Å². The van der Waals surface area contributed by atoms with Crippen LogP contribution in [0.15, 0.2) is 5.38 Å². The zero-order valence-corrected chi connectivity index (χ0v) is 11.5. The first kappa shape index (κ1) is 12.1. The monoisotopic (exact) mass is 238 g/mol. The molecule has 1 aliphatic rings. The maximum Gasteiger partial charge on any atom is 0.0943 e. The molecule has 0 aliphatic heterocycles. The summed E-state index contributed by atoms with van der Waals surface area (Å²) in [6.07, 6.45) is 2.45. The number of hydrogen-bond donors (Lipinski definition) is 1. The second-order valence-corrected chi connectivity index (χ2v) is 6.49. The van der Waals surface area contributed by atoms with Crippen molar-refractivity contribution in [2.75, 3.05) is 6.54 Å². The lowest BCUT2D eigenvalue weighted by Gasteiger charge is -2.18. The van der Waals surface area contributed by atoms with Gasteiger partial charge in [-0.25, -0.2) is 4.98 Å². The molecule has 3 heteroatoms. The second-order valence-electron chi connectivity index (χ2n) is 5.55. The predicted molar refractivity (Wildman–Crippen MR) is 69.9 cm³/mol. The Balaban J connectivity index is 1.98. The number of likely N-dealkylation sites (N-methyl/N-ethyl adjacent to an activating group) is 1. The fraction of sp³-hybridized carbons (Fsp3) is 0.769. The quantitative estimate of drug-likeness (QED) is 0.853. The molecule has 0 bridgehead atoms. The molecule has 2 unspecified atom stereocenters. The van der Waals surface area contributed by atoms with Crippen LogP contribution in [0.25, 0.3) is 0 Å². The topological polar surface area (TPSA) is 24.9 Å². The number of aryl methyl sites for hydroxylation is 1. The predicted octanol–water partition coefficient (Wildman–Crippen LogP) is 3.02. The number of nitrogens with one attached hydrogen (secondary N) is 1. The molecule has 0 aromatic carbocycles. The highest BCUT2D eigenvalue weighted by Gasteiger charge is 2.49. The van der Waals surface area contributed by atoms with Crippen LogP contribution >= 0.6 is 11.3 Å². The number of rotatable bonds is 5. The van der Waals surface area contributed by atoms with Crippen molar-refractivity contribution in [1.82, 2.24) is 10.3 Å². The first-order chi connectivity index (χ1) is 7.53. The van der Waals surface area contributed by atoms with Crippen LogP contribution in [0.1, 0.15) is 37.9 Å². The Kier molecular flexibility index (Phi) is 3.36. The van der Waals surface area contributed by atoms with Crippen LogP contribution in [0.2, 0.25) is 0 Å². The van der Waals surface area contributed by atoms with Gasteiger partial charge in [-0.15, -0.1) is 11.3 Å². The van der Waals surface area contributed by atoms with E-state index in [9.17, 15) is 0 Å². The number of hydrogen-bond acceptors (Lipinski definition) is 3. The summed E-state index contributed by atoms with van der Waals surface area (Å²) in [5.41, 5.74) is 1.70. The van der Waals surface area contributed by atoms with Crippen molar-refractivity contribution in [3.63, 3.8) is 0 Å². The van der Waals surface area contributed by atoms with Gasteiger partial charge in [0, 0.05) is 23.5 Å². The summed E-state index contributed by atoms with van der Waals surface area (Å²) >= 11 is 1.80. The Morgan fingerprint density at radius 1 is 1.62 bits per heavy atom. The minimum absolute atomic E-state index is 0.541. The van der Waals surface area contributed by atoms with Crippen LogP contribution in [0.4, 0.5) is 0 Å². The van der Waals surface area contributed by atoms with E-state index in [0.29, 0.717) is 11.5 Å². The van der Waals surface area contributed by atoms with E-state index < -0.39 is 0 Å². The summed E-state index contributed by atoms with van der Waals surface area (Å²) in [6, 6.07) is 0.616. The average molecular weight is 238 g/mol. The standard InChI is InChI=1S/C13H22N2S/c1-5-14-11(10-7-13(10,3)4)6-12-15-9(2)8-16-12/h8,10-11,14H,5-7H2,1-4H3. The van der Waals surface area contributed by atoms with E-state index in [0.717, 1.165) is 24.6 Å². The molecule has 0 spiro atoms. The highest BCUT2D eigenvalue weighted by Crippen LogP contribution is 2.54. The molecule has 90 valence electrons. The van der Waals surface area contributed by atoms with Gasteiger partial charge in [0.2, 0.25) is 0 Å². The zero-order valence-electron chi connectivity index (χ0n) is 10.7. The Morgan fingerprint density at radius 2 is 2.31 bits per heavy atom. The third-order valence-corrected chi connectivity index (χ3v) is 4.59. The molecule has 1 aromatic heterocycles. The molecule has 2 nitrogen and oxygen atoms in total. The Bertz CT molecular complexity index is 357. The molecule has 0 amide bonds. The van der Waals surface area contributed by atoms with Crippen molar-refractivity contribution in [2.24, 2.45) is 11.3 Å². The van der Waals surface area contributed by atoms with Crippen LogP contribution in [0.3, 0.4) is 0 Å². The molecule has 2 atom stereocenters. The number of aromatic nitrogens is 1. The van der Waals surface area contributed by atoms with Gasteiger partial charge in [-0.05, 0) is 31.2 Å². The van der Waals surface area contributed by atoms with E-state index in [1.807, 2.05) is 0 Å². The van der Waals surface area contributed by atoms with Gasteiger partial charge in [0.15, 0.2) is 0 Å². The van der Waals surface area contributed by atoms with E-state index in [1.165, 1.54) is 11.4 Å². The summed E-state index contributed by atoms with van der Waals surface area (Å²) in [7, 11) is 0. The molecule has 1 N–H and O–H groups in total. The largest absolute Gasteiger partial charge is 0.314 e. The van der Waals surface area contributed by atoms with Crippen molar-refractivity contribution < 1.29 is 0 Å². The van der Waals surface area contributed by atoms with Crippen molar-refractivity contribution in [2.45, 2.75) is 46.6 Å². The molecule has 1 heterocycles. The molecule has 2 rings (SSSR count). The van der Waals surface area contributed by atoms with Gasteiger partial charge in [-0.3, -0.25) is 0 Å². The molecule has 1 saturated carbocycles. The molecule has 1 aliphatic carbocycles. The summed E-state index contributed by atoms with van der Waals surface area (Å²) < 4.78 is 0. The van der Waals surface area contributed by atoms with E-state index in [4.69, 9.17) is 0 Å². The minimum Gasteiger partial charge on any atom is -0.314 e. The molecule has 1 fully saturated rings. The normalized spacial score (nSPS) is 24.4. The second kappa shape index (κ2) is 4.46. The Labute approximate surface area is 102 Å². The van der Waals surface area contributed by atoms with Gasteiger partial charge >= 0.3 is 0 Å². The molecule has 0 radical (unpaired) electrons. The van der Waals surface area contributed by atoms with Crippen molar-refractivity contribution in [3.8, 4) is 0 Å². The molecular formula is C13H22N2S. The van der Waals surface area contributed by atoms with Gasteiger partial charge in [0.1, 0.15) is 0 Å². The smallest absolute Gasteiger partial charge is 0.0943 e. The first-order valence-electron chi connectivity index (χ1n) is 6.17. The Morgan fingerprint density at radius 3 is 2.75 bits per heavy atom. The van der Waals surface area contributed by atoms with Gasteiger partial charge in [0.05, 0.1) is 5.01 Å². The van der Waals surface area contributed by atoms with Crippen LogP contribution in [-0.4, -0.2) is 17.6 Å². The van der Waals surface area contributed by atoms with E-state index in [-0.39, 0.29) is 0 Å². The lowest BCUT2D eigenvalue weighted by Crippen LogP contribution is -2.34. The number of thiazole rings is 1. The summed E-state index contributed by atoms with van der Waals surface area (Å²) in [4.78, 5) is 4.57. The van der Waals surface area contributed by atoms with Crippen LogP contribution in [-0.2, 0) is 6.42 Å². The summed E-state index contributed by atoms with van der Waals surface area (Å²) in [6.45, 7) is 10.1. The third-order valence-electron chi connectivity index (χ3n) is 3.60. The van der Waals surface area contributed by atoms with Crippen LogP contribution in [0, 0.1) is 18.3 Å². The maximum absolute atomic E-state index is 4.57. The fourth-order valence-corrected chi connectivity index (χ4v) is 3.33. The first-order valence-corrected chi connectivity index (χ1v) is 7.05. The number of nitrogens with zero attached hydrogens (tertiary/aromatic N) is 1.